The molecule has 0 fully saturated rings. The van der Waals surface area contributed by atoms with Crippen molar-refractivity contribution in [2.24, 2.45) is 0 Å². The van der Waals surface area contributed by atoms with Crippen molar-refractivity contribution in [2.75, 3.05) is 17.3 Å². The van der Waals surface area contributed by atoms with Crippen LogP contribution < -0.4 is 11.1 Å². The van der Waals surface area contributed by atoms with Gasteiger partial charge in [-0.2, -0.15) is 4.98 Å². The Balaban J connectivity index is 1.87. The van der Waals surface area contributed by atoms with E-state index in [4.69, 9.17) is 21.8 Å². The second kappa shape index (κ2) is 6.34. The van der Waals surface area contributed by atoms with Gasteiger partial charge in [-0.05, 0) is 25.1 Å². The molecule has 3 N–H and O–H groups in total. The minimum absolute atomic E-state index is 0.0507. The molecule has 0 unspecified atom stereocenters. The van der Waals surface area contributed by atoms with E-state index in [0.717, 1.165) is 6.26 Å². The maximum absolute atomic E-state index is 11.6. The van der Waals surface area contributed by atoms with Crippen molar-refractivity contribution in [3.63, 3.8) is 0 Å². The molecule has 0 bridgehead atoms. The Bertz CT molecular complexity index is 1050. The van der Waals surface area contributed by atoms with Crippen LogP contribution in [0.5, 0.6) is 0 Å². The van der Waals surface area contributed by atoms with Crippen LogP contribution in [0.1, 0.15) is 5.76 Å². The molecule has 130 valence electrons. The van der Waals surface area contributed by atoms with E-state index in [1.54, 1.807) is 19.2 Å². The van der Waals surface area contributed by atoms with E-state index >= 15 is 0 Å². The minimum Gasteiger partial charge on any atom is -0.441 e. The summed E-state index contributed by atoms with van der Waals surface area (Å²) in [6.45, 7) is 1.77. The summed E-state index contributed by atoms with van der Waals surface area (Å²) < 4.78 is 28.6. The topological polar surface area (TPSA) is 124 Å². The van der Waals surface area contributed by atoms with Crippen molar-refractivity contribution in [1.82, 2.24) is 15.0 Å². The van der Waals surface area contributed by atoms with Crippen LogP contribution >= 0.6 is 11.6 Å². The Kier molecular flexibility index (Phi) is 4.36. The number of halogens is 1. The highest BCUT2D eigenvalue weighted by atomic mass is 35.5. The SMILES string of the molecule is Cc1cnc(-c2cnc(Nc3ccc(S(C)(=O)=O)c(Cl)c3)nc2N)o1. The average molecular weight is 380 g/mol. The molecule has 2 heterocycles. The van der Waals surface area contributed by atoms with Gasteiger partial charge in [-0.1, -0.05) is 11.6 Å². The highest BCUT2D eigenvalue weighted by Gasteiger charge is 2.14. The summed E-state index contributed by atoms with van der Waals surface area (Å²) in [4.78, 5) is 12.4. The van der Waals surface area contributed by atoms with Gasteiger partial charge in [0.1, 0.15) is 11.6 Å². The molecule has 0 spiro atoms. The number of aromatic nitrogens is 3. The van der Waals surface area contributed by atoms with E-state index in [2.05, 4.69) is 20.3 Å². The quantitative estimate of drug-likeness (QED) is 0.709. The number of nitrogens with two attached hydrogens (primary N) is 1. The molecule has 0 saturated carbocycles. The molecule has 0 atom stereocenters. The smallest absolute Gasteiger partial charge is 0.231 e. The molecule has 0 radical (unpaired) electrons. The van der Waals surface area contributed by atoms with Crippen molar-refractivity contribution in [3.8, 4) is 11.5 Å². The number of rotatable bonds is 4. The fraction of sp³-hybridized carbons (Fsp3) is 0.133. The highest BCUT2D eigenvalue weighted by molar-refractivity contribution is 7.90. The van der Waals surface area contributed by atoms with Crippen molar-refractivity contribution in [1.29, 1.82) is 0 Å². The molecule has 0 amide bonds. The Morgan fingerprint density at radius 2 is 2.00 bits per heavy atom. The molecule has 1 aromatic carbocycles. The molecule has 0 saturated heterocycles. The lowest BCUT2D eigenvalue weighted by Crippen LogP contribution is -2.03. The van der Waals surface area contributed by atoms with Gasteiger partial charge in [-0.15, -0.1) is 0 Å². The van der Waals surface area contributed by atoms with E-state index < -0.39 is 9.84 Å². The molecule has 3 rings (SSSR count). The predicted octanol–water partition coefficient (Wildman–Crippen LogP) is 2.82. The van der Waals surface area contributed by atoms with Gasteiger partial charge in [0.2, 0.25) is 11.8 Å². The molecule has 0 aliphatic rings. The number of hydrogen-bond donors (Lipinski definition) is 2. The third kappa shape index (κ3) is 3.72. The highest BCUT2D eigenvalue weighted by Crippen LogP contribution is 2.28. The van der Waals surface area contributed by atoms with Crippen LogP contribution in [0.15, 0.2) is 39.9 Å². The van der Waals surface area contributed by atoms with Crippen LogP contribution in [0.3, 0.4) is 0 Å². The van der Waals surface area contributed by atoms with Gasteiger partial charge < -0.3 is 15.5 Å². The van der Waals surface area contributed by atoms with Gasteiger partial charge in [-0.25, -0.2) is 18.4 Å². The molecular formula is C15H14ClN5O3S. The zero-order valence-corrected chi connectivity index (χ0v) is 14.9. The first kappa shape index (κ1) is 17.2. The maximum atomic E-state index is 11.6. The summed E-state index contributed by atoms with van der Waals surface area (Å²) >= 11 is 6.01. The van der Waals surface area contributed by atoms with Crippen LogP contribution in [-0.2, 0) is 9.84 Å². The fourth-order valence-corrected chi connectivity index (χ4v) is 3.44. The Labute approximate surface area is 149 Å². The molecular weight excluding hydrogens is 366 g/mol. The van der Waals surface area contributed by atoms with Crippen molar-refractivity contribution in [3.05, 3.63) is 41.4 Å². The zero-order chi connectivity index (χ0) is 18.2. The van der Waals surface area contributed by atoms with Crippen LogP contribution in [0.2, 0.25) is 5.02 Å². The summed E-state index contributed by atoms with van der Waals surface area (Å²) in [7, 11) is -3.39. The lowest BCUT2D eigenvalue weighted by atomic mass is 10.3. The van der Waals surface area contributed by atoms with E-state index in [0.29, 0.717) is 22.9 Å². The van der Waals surface area contributed by atoms with Crippen molar-refractivity contribution < 1.29 is 12.8 Å². The monoisotopic (exact) mass is 379 g/mol. The summed E-state index contributed by atoms with van der Waals surface area (Å²) in [6.07, 6.45) is 4.16. The standard InChI is InChI=1S/C15H14ClN5O3S/c1-8-6-18-14(24-8)10-7-19-15(21-13(10)17)20-9-3-4-12(11(16)5-9)25(2,22)23/h3-7H,1-2H3,(H3,17,19,20,21). The summed E-state index contributed by atoms with van der Waals surface area (Å²) in [6, 6.07) is 4.45. The van der Waals surface area contributed by atoms with Crippen LogP contribution in [-0.4, -0.2) is 29.6 Å². The van der Waals surface area contributed by atoms with Crippen molar-refractivity contribution >= 4 is 38.9 Å². The van der Waals surface area contributed by atoms with Crippen molar-refractivity contribution in [2.45, 2.75) is 11.8 Å². The van der Waals surface area contributed by atoms with E-state index in [1.165, 1.54) is 18.3 Å². The average Bonchev–Trinajstić information content (AvgIpc) is 2.92. The van der Waals surface area contributed by atoms with Gasteiger partial charge in [-0.3, -0.25) is 0 Å². The first-order chi connectivity index (χ1) is 11.7. The van der Waals surface area contributed by atoms with E-state index in [9.17, 15) is 8.42 Å². The first-order valence-corrected chi connectivity index (χ1v) is 9.33. The number of nitrogens with zero attached hydrogens (tertiary/aromatic N) is 3. The van der Waals surface area contributed by atoms with Gasteiger partial charge in [0.25, 0.3) is 0 Å². The Morgan fingerprint density at radius 3 is 2.56 bits per heavy atom. The molecule has 25 heavy (non-hydrogen) atoms. The molecule has 8 nitrogen and oxygen atoms in total. The number of sulfone groups is 1. The predicted molar refractivity (Wildman–Crippen MR) is 94.5 cm³/mol. The van der Waals surface area contributed by atoms with Gasteiger partial charge in [0.15, 0.2) is 9.84 Å². The third-order valence-electron chi connectivity index (χ3n) is 3.26. The number of nitrogens with one attached hydrogen (secondary N) is 1. The number of aryl methyl sites for hydroxylation is 1. The largest absolute Gasteiger partial charge is 0.441 e. The number of oxazole rings is 1. The Morgan fingerprint density at radius 1 is 1.24 bits per heavy atom. The molecule has 3 aromatic rings. The first-order valence-electron chi connectivity index (χ1n) is 7.06. The lowest BCUT2D eigenvalue weighted by Gasteiger charge is -2.09. The Hall–Kier alpha value is -2.65. The van der Waals surface area contributed by atoms with Gasteiger partial charge in [0, 0.05) is 18.1 Å². The second-order valence-corrected chi connectivity index (χ2v) is 7.70. The number of anilines is 3. The number of hydrogen-bond acceptors (Lipinski definition) is 8. The minimum atomic E-state index is -3.39. The number of benzene rings is 1. The zero-order valence-electron chi connectivity index (χ0n) is 13.3. The number of nitrogen functional groups attached to an aromatic ring is 1. The molecule has 10 heteroatoms. The van der Waals surface area contributed by atoms with Crippen LogP contribution in [0, 0.1) is 6.92 Å². The normalized spacial score (nSPS) is 11.5. The van der Waals surface area contributed by atoms with Gasteiger partial charge in [0.05, 0.1) is 21.7 Å². The summed E-state index contributed by atoms with van der Waals surface area (Å²) in [5, 5.41) is 3.02. The van der Waals surface area contributed by atoms with Gasteiger partial charge >= 0.3 is 0 Å². The molecule has 0 aliphatic heterocycles. The summed E-state index contributed by atoms with van der Waals surface area (Å²) in [5.41, 5.74) is 6.93. The fourth-order valence-electron chi connectivity index (χ4n) is 2.11. The third-order valence-corrected chi connectivity index (χ3v) is 4.84. The summed E-state index contributed by atoms with van der Waals surface area (Å²) in [5.74, 6) is 1.41. The van der Waals surface area contributed by atoms with Crippen LogP contribution in [0.4, 0.5) is 17.5 Å². The van der Waals surface area contributed by atoms with Crippen LogP contribution in [0.25, 0.3) is 11.5 Å². The van der Waals surface area contributed by atoms with E-state index in [-0.39, 0.29) is 21.7 Å². The lowest BCUT2D eigenvalue weighted by molar-refractivity contribution is 0.542. The second-order valence-electron chi connectivity index (χ2n) is 5.31. The maximum Gasteiger partial charge on any atom is 0.231 e. The molecule has 2 aromatic heterocycles. The molecule has 0 aliphatic carbocycles. The van der Waals surface area contributed by atoms with E-state index in [1.807, 2.05) is 0 Å².